The third kappa shape index (κ3) is 2.33. The predicted octanol–water partition coefficient (Wildman–Crippen LogP) is 3.08. The number of aromatic nitrogens is 1. The maximum atomic E-state index is 9.73. The smallest absolute Gasteiger partial charge is 0.147 e. The van der Waals surface area contributed by atoms with Gasteiger partial charge in [0.25, 0.3) is 0 Å². The van der Waals surface area contributed by atoms with Gasteiger partial charge in [-0.15, -0.1) is 0 Å². The normalized spacial score (nSPS) is 13.4. The molecule has 1 rings (SSSR count). The highest BCUT2D eigenvalue weighted by molar-refractivity contribution is 6.41. The van der Waals surface area contributed by atoms with E-state index in [2.05, 4.69) is 4.98 Å². The van der Waals surface area contributed by atoms with E-state index in [-0.39, 0.29) is 11.1 Å². The van der Waals surface area contributed by atoms with Crippen LogP contribution in [0.25, 0.3) is 0 Å². The predicted molar refractivity (Wildman–Crippen MR) is 54.1 cm³/mol. The van der Waals surface area contributed by atoms with Crippen molar-refractivity contribution >= 4 is 23.2 Å². The minimum Gasteiger partial charge on any atom is -0.388 e. The third-order valence-electron chi connectivity index (χ3n) is 1.83. The lowest BCUT2D eigenvalue weighted by Gasteiger charge is -2.16. The molecule has 1 atom stereocenters. The fourth-order valence-electron chi connectivity index (χ4n) is 1.02. The summed E-state index contributed by atoms with van der Waals surface area (Å²) in [5, 5.41) is 10.3. The number of pyridine rings is 1. The third-order valence-corrected chi connectivity index (χ3v) is 2.61. The van der Waals surface area contributed by atoms with Gasteiger partial charge in [-0.25, -0.2) is 4.98 Å². The summed E-state index contributed by atoms with van der Waals surface area (Å²) < 4.78 is 0. The van der Waals surface area contributed by atoms with Gasteiger partial charge in [0.05, 0.1) is 11.1 Å². The number of aliphatic hydroxyl groups is 1. The maximum absolute atomic E-state index is 9.73. The van der Waals surface area contributed by atoms with Crippen molar-refractivity contribution in [1.82, 2.24) is 4.98 Å². The molecule has 0 aliphatic heterocycles. The molecule has 0 aliphatic carbocycles. The Hall–Kier alpha value is -0.310. The summed E-state index contributed by atoms with van der Waals surface area (Å²) in [5.41, 5.74) is 0.636. The SMILES string of the molecule is CC(C)C(O)c1ccnc(Cl)c1Cl. The van der Waals surface area contributed by atoms with E-state index in [1.54, 1.807) is 6.07 Å². The zero-order valence-corrected chi connectivity index (χ0v) is 8.97. The van der Waals surface area contributed by atoms with Crippen molar-refractivity contribution in [2.45, 2.75) is 20.0 Å². The van der Waals surface area contributed by atoms with E-state index >= 15 is 0 Å². The van der Waals surface area contributed by atoms with Crippen LogP contribution in [0.15, 0.2) is 12.3 Å². The zero-order valence-electron chi connectivity index (χ0n) is 7.46. The lowest BCUT2D eigenvalue weighted by molar-refractivity contribution is 0.127. The van der Waals surface area contributed by atoms with Gasteiger partial charge < -0.3 is 5.11 Å². The summed E-state index contributed by atoms with van der Waals surface area (Å²) in [6, 6.07) is 1.68. The first-order chi connectivity index (χ1) is 6.04. The minimum atomic E-state index is -0.590. The van der Waals surface area contributed by atoms with Gasteiger partial charge in [-0.3, -0.25) is 0 Å². The highest BCUT2D eigenvalue weighted by Gasteiger charge is 2.16. The molecule has 0 aliphatic rings. The molecule has 13 heavy (non-hydrogen) atoms. The van der Waals surface area contributed by atoms with Crippen molar-refractivity contribution in [3.8, 4) is 0 Å². The second-order valence-electron chi connectivity index (χ2n) is 3.19. The number of hydrogen-bond donors (Lipinski definition) is 1. The number of aliphatic hydroxyl groups excluding tert-OH is 1. The minimum absolute atomic E-state index is 0.107. The number of rotatable bonds is 2. The number of hydrogen-bond acceptors (Lipinski definition) is 2. The van der Waals surface area contributed by atoms with Crippen LogP contribution in [0.5, 0.6) is 0 Å². The molecule has 0 radical (unpaired) electrons. The fraction of sp³-hybridized carbons (Fsp3) is 0.444. The summed E-state index contributed by atoms with van der Waals surface area (Å²) in [4.78, 5) is 3.80. The lowest BCUT2D eigenvalue weighted by Crippen LogP contribution is -2.06. The molecular weight excluding hydrogens is 209 g/mol. The van der Waals surface area contributed by atoms with E-state index < -0.39 is 6.10 Å². The molecule has 1 N–H and O–H groups in total. The molecular formula is C9H11Cl2NO. The molecule has 0 saturated carbocycles. The molecule has 0 saturated heterocycles. The molecule has 0 aromatic carbocycles. The monoisotopic (exact) mass is 219 g/mol. The summed E-state index contributed by atoms with van der Waals surface area (Å²) in [7, 11) is 0. The van der Waals surface area contributed by atoms with Crippen LogP contribution in [0.3, 0.4) is 0 Å². The van der Waals surface area contributed by atoms with Gasteiger partial charge in [-0.2, -0.15) is 0 Å². The maximum Gasteiger partial charge on any atom is 0.147 e. The second-order valence-corrected chi connectivity index (χ2v) is 3.93. The van der Waals surface area contributed by atoms with Gasteiger partial charge in [0, 0.05) is 11.8 Å². The molecule has 1 aromatic heterocycles. The van der Waals surface area contributed by atoms with E-state index in [1.165, 1.54) is 6.20 Å². The van der Waals surface area contributed by atoms with E-state index in [9.17, 15) is 5.11 Å². The Bertz CT molecular complexity index is 302. The summed E-state index contributed by atoms with van der Waals surface area (Å²) in [5.74, 6) is 0.107. The quantitative estimate of drug-likeness (QED) is 0.777. The Kier molecular flexibility index (Phi) is 3.54. The van der Waals surface area contributed by atoms with Crippen molar-refractivity contribution in [3.05, 3.63) is 28.0 Å². The van der Waals surface area contributed by atoms with E-state index in [0.29, 0.717) is 10.6 Å². The average Bonchev–Trinajstić information content (AvgIpc) is 2.08. The van der Waals surface area contributed by atoms with Gasteiger partial charge in [0.2, 0.25) is 0 Å². The first-order valence-electron chi connectivity index (χ1n) is 4.02. The Morgan fingerprint density at radius 1 is 1.38 bits per heavy atom. The van der Waals surface area contributed by atoms with Gasteiger partial charge in [0.15, 0.2) is 0 Å². The van der Waals surface area contributed by atoms with Crippen LogP contribution >= 0.6 is 23.2 Å². The molecule has 0 spiro atoms. The van der Waals surface area contributed by atoms with Gasteiger partial charge >= 0.3 is 0 Å². The first kappa shape index (κ1) is 10.8. The van der Waals surface area contributed by atoms with Crippen molar-refractivity contribution in [3.63, 3.8) is 0 Å². The standard InChI is InChI=1S/C9H11Cl2NO/c1-5(2)8(13)6-3-4-12-9(11)7(6)10/h3-5,8,13H,1-2H3. The second kappa shape index (κ2) is 4.27. The Labute approximate surface area is 87.5 Å². The summed E-state index contributed by atoms with van der Waals surface area (Å²) in [6.45, 7) is 3.82. The molecule has 72 valence electrons. The molecule has 1 aromatic rings. The van der Waals surface area contributed by atoms with Gasteiger partial charge in [-0.1, -0.05) is 37.0 Å². The molecule has 1 heterocycles. The number of halogens is 2. The van der Waals surface area contributed by atoms with Crippen molar-refractivity contribution in [2.75, 3.05) is 0 Å². The Balaban J connectivity index is 3.07. The average molecular weight is 220 g/mol. The van der Waals surface area contributed by atoms with Gasteiger partial charge in [0.1, 0.15) is 5.15 Å². The van der Waals surface area contributed by atoms with E-state index in [1.807, 2.05) is 13.8 Å². The van der Waals surface area contributed by atoms with Crippen LogP contribution in [-0.2, 0) is 0 Å². The molecule has 2 nitrogen and oxygen atoms in total. The van der Waals surface area contributed by atoms with Crippen LogP contribution in [0.1, 0.15) is 25.5 Å². The topological polar surface area (TPSA) is 33.1 Å². The summed E-state index contributed by atoms with van der Waals surface area (Å²) >= 11 is 11.6. The molecule has 0 amide bonds. The molecule has 0 bridgehead atoms. The zero-order chi connectivity index (χ0) is 10.0. The van der Waals surface area contributed by atoms with E-state index in [4.69, 9.17) is 23.2 Å². The first-order valence-corrected chi connectivity index (χ1v) is 4.77. The van der Waals surface area contributed by atoms with E-state index in [0.717, 1.165) is 0 Å². The van der Waals surface area contributed by atoms with Crippen LogP contribution in [-0.4, -0.2) is 10.1 Å². The van der Waals surface area contributed by atoms with Crippen LogP contribution in [0, 0.1) is 5.92 Å². The molecule has 0 fully saturated rings. The lowest BCUT2D eigenvalue weighted by atomic mass is 10.0. The van der Waals surface area contributed by atoms with Crippen molar-refractivity contribution < 1.29 is 5.11 Å². The molecule has 4 heteroatoms. The van der Waals surface area contributed by atoms with Crippen LogP contribution in [0.2, 0.25) is 10.2 Å². The molecule has 1 unspecified atom stereocenters. The largest absolute Gasteiger partial charge is 0.388 e. The van der Waals surface area contributed by atoms with Crippen LogP contribution in [0.4, 0.5) is 0 Å². The highest BCUT2D eigenvalue weighted by atomic mass is 35.5. The Morgan fingerprint density at radius 2 is 2.00 bits per heavy atom. The van der Waals surface area contributed by atoms with Crippen molar-refractivity contribution in [2.24, 2.45) is 5.92 Å². The van der Waals surface area contributed by atoms with Crippen LogP contribution < -0.4 is 0 Å². The Morgan fingerprint density at radius 3 is 2.54 bits per heavy atom. The number of nitrogens with zero attached hydrogens (tertiary/aromatic N) is 1. The fourth-order valence-corrected chi connectivity index (χ4v) is 1.41. The van der Waals surface area contributed by atoms with Gasteiger partial charge in [-0.05, 0) is 12.0 Å². The summed E-state index contributed by atoms with van der Waals surface area (Å²) in [6.07, 6.45) is 0.947. The van der Waals surface area contributed by atoms with Crippen molar-refractivity contribution in [1.29, 1.82) is 0 Å². The highest BCUT2D eigenvalue weighted by Crippen LogP contribution is 2.31.